The summed E-state index contributed by atoms with van der Waals surface area (Å²) in [6, 6.07) is 4.53. The molecular weight excluding hydrogens is 352 g/mol. The summed E-state index contributed by atoms with van der Waals surface area (Å²) >= 11 is 0. The fraction of sp³-hybridized carbons (Fsp3) is 0.714. The van der Waals surface area contributed by atoms with Crippen molar-refractivity contribution in [3.63, 3.8) is 0 Å². The van der Waals surface area contributed by atoms with Crippen molar-refractivity contribution in [3.8, 4) is 0 Å². The number of carbonyl (C=O) groups excluding carboxylic acids is 1. The number of hydrogen-bond acceptors (Lipinski definition) is 5. The second-order valence-electron chi connectivity index (χ2n) is 8.84. The van der Waals surface area contributed by atoms with Gasteiger partial charge in [-0.05, 0) is 63.7 Å². The molecule has 2 aliphatic heterocycles. The molecule has 1 saturated carbocycles. The highest BCUT2D eigenvalue weighted by atomic mass is 16.2. The monoisotopic (exact) mass is 382 g/mol. The van der Waals surface area contributed by atoms with E-state index in [2.05, 4.69) is 27.2 Å². The van der Waals surface area contributed by atoms with Gasteiger partial charge in [0.15, 0.2) is 11.5 Å². The van der Waals surface area contributed by atoms with Crippen molar-refractivity contribution < 1.29 is 4.79 Å². The maximum Gasteiger partial charge on any atom is 0.222 e. The van der Waals surface area contributed by atoms with Crippen molar-refractivity contribution in [1.29, 1.82) is 0 Å². The average molecular weight is 383 g/mol. The third kappa shape index (κ3) is 3.52. The summed E-state index contributed by atoms with van der Waals surface area (Å²) in [5.41, 5.74) is 2.05. The van der Waals surface area contributed by atoms with E-state index in [1.807, 2.05) is 16.5 Å². The highest BCUT2D eigenvalue weighted by Gasteiger charge is 2.30. The van der Waals surface area contributed by atoms with Crippen LogP contribution < -0.4 is 0 Å². The zero-order valence-corrected chi connectivity index (χ0v) is 16.8. The van der Waals surface area contributed by atoms with Gasteiger partial charge in [0.2, 0.25) is 5.91 Å². The van der Waals surface area contributed by atoms with Crippen molar-refractivity contribution in [1.82, 2.24) is 29.6 Å². The summed E-state index contributed by atoms with van der Waals surface area (Å²) in [7, 11) is 1.98. The van der Waals surface area contributed by atoms with Gasteiger partial charge in [0.1, 0.15) is 0 Å². The Hall–Kier alpha value is -2.02. The van der Waals surface area contributed by atoms with Crippen LogP contribution in [0.5, 0.6) is 0 Å². The topological polar surface area (TPSA) is 66.6 Å². The third-order valence-electron chi connectivity index (χ3n) is 6.84. The van der Waals surface area contributed by atoms with Crippen LogP contribution in [0.3, 0.4) is 0 Å². The summed E-state index contributed by atoms with van der Waals surface area (Å²) in [6.45, 7) is 3.11. The minimum Gasteiger partial charge on any atom is -0.341 e. The van der Waals surface area contributed by atoms with Gasteiger partial charge in [0, 0.05) is 37.9 Å². The Balaban J connectivity index is 1.24. The van der Waals surface area contributed by atoms with E-state index in [9.17, 15) is 4.79 Å². The van der Waals surface area contributed by atoms with Gasteiger partial charge in [0.25, 0.3) is 0 Å². The molecule has 0 N–H and O–H groups in total. The molecule has 4 heterocycles. The first-order valence-corrected chi connectivity index (χ1v) is 10.9. The van der Waals surface area contributed by atoms with Crippen LogP contribution in [0.4, 0.5) is 0 Å². The number of rotatable bonds is 4. The van der Waals surface area contributed by atoms with Crippen molar-refractivity contribution >= 4 is 11.6 Å². The van der Waals surface area contributed by atoms with E-state index in [-0.39, 0.29) is 0 Å². The van der Waals surface area contributed by atoms with Crippen LogP contribution in [0.2, 0.25) is 0 Å². The van der Waals surface area contributed by atoms with Gasteiger partial charge in [-0.1, -0.05) is 6.42 Å². The molecule has 0 radical (unpaired) electrons. The SMILES string of the molecule is CN1C(=O)CCCCC1CN1CCC(c2nnc3ccc(C4CC4)nn23)CC1. The van der Waals surface area contributed by atoms with Crippen LogP contribution in [-0.2, 0) is 4.79 Å². The first-order valence-electron chi connectivity index (χ1n) is 10.9. The van der Waals surface area contributed by atoms with E-state index < -0.39 is 0 Å². The van der Waals surface area contributed by atoms with Gasteiger partial charge in [-0.25, -0.2) is 0 Å². The maximum absolute atomic E-state index is 12.2. The summed E-state index contributed by atoms with van der Waals surface area (Å²) in [5, 5.41) is 13.7. The molecule has 2 aromatic heterocycles. The molecule has 7 nitrogen and oxygen atoms in total. The zero-order chi connectivity index (χ0) is 19.1. The van der Waals surface area contributed by atoms with Gasteiger partial charge in [-0.15, -0.1) is 10.2 Å². The molecule has 0 bridgehead atoms. The van der Waals surface area contributed by atoms with Crippen LogP contribution >= 0.6 is 0 Å². The predicted molar refractivity (Wildman–Crippen MR) is 106 cm³/mol. The van der Waals surface area contributed by atoms with Gasteiger partial charge >= 0.3 is 0 Å². The number of likely N-dealkylation sites (N-methyl/N-ethyl adjacent to an activating group) is 1. The highest BCUT2D eigenvalue weighted by Crippen LogP contribution is 2.39. The van der Waals surface area contributed by atoms with Crippen LogP contribution in [0, 0.1) is 0 Å². The lowest BCUT2D eigenvalue weighted by Gasteiger charge is -2.36. The van der Waals surface area contributed by atoms with Crippen molar-refractivity contribution in [2.45, 2.75) is 69.2 Å². The molecule has 1 unspecified atom stereocenters. The number of hydrogen-bond donors (Lipinski definition) is 0. The number of likely N-dealkylation sites (tertiary alicyclic amines) is 2. The van der Waals surface area contributed by atoms with E-state index in [4.69, 9.17) is 5.10 Å². The fourth-order valence-electron chi connectivity index (χ4n) is 4.79. The fourth-order valence-corrected chi connectivity index (χ4v) is 4.79. The van der Waals surface area contributed by atoms with Gasteiger partial charge < -0.3 is 9.80 Å². The number of nitrogens with zero attached hydrogens (tertiary/aromatic N) is 6. The molecule has 3 aliphatic rings. The highest BCUT2D eigenvalue weighted by molar-refractivity contribution is 5.76. The summed E-state index contributed by atoms with van der Waals surface area (Å²) < 4.78 is 1.99. The van der Waals surface area contributed by atoms with Crippen LogP contribution in [0.25, 0.3) is 5.65 Å². The van der Waals surface area contributed by atoms with E-state index in [1.165, 1.54) is 18.5 Å². The average Bonchev–Trinajstić information content (AvgIpc) is 3.51. The third-order valence-corrected chi connectivity index (χ3v) is 6.84. The van der Waals surface area contributed by atoms with Crippen molar-refractivity contribution in [2.24, 2.45) is 0 Å². The molecule has 2 aromatic rings. The Labute approximate surface area is 166 Å². The molecule has 0 spiro atoms. The van der Waals surface area contributed by atoms with E-state index in [0.29, 0.717) is 30.2 Å². The molecule has 2 saturated heterocycles. The molecule has 7 heteroatoms. The van der Waals surface area contributed by atoms with Gasteiger partial charge in [0.05, 0.1) is 5.69 Å². The van der Waals surface area contributed by atoms with Gasteiger partial charge in [-0.3, -0.25) is 4.79 Å². The Bertz CT molecular complexity index is 852. The lowest BCUT2D eigenvalue weighted by Crippen LogP contribution is -2.46. The number of aromatic nitrogens is 4. The quantitative estimate of drug-likeness (QED) is 0.813. The van der Waals surface area contributed by atoms with E-state index >= 15 is 0 Å². The minimum atomic E-state index is 0.310. The smallest absolute Gasteiger partial charge is 0.222 e. The number of carbonyl (C=O) groups is 1. The summed E-state index contributed by atoms with van der Waals surface area (Å²) in [5.74, 6) is 2.39. The maximum atomic E-state index is 12.2. The number of piperidine rings is 1. The molecule has 3 fully saturated rings. The zero-order valence-electron chi connectivity index (χ0n) is 16.8. The van der Waals surface area contributed by atoms with E-state index in [1.54, 1.807) is 0 Å². The number of fused-ring (bicyclic) bond motifs is 1. The summed E-state index contributed by atoms with van der Waals surface area (Å²) in [4.78, 5) is 16.7. The minimum absolute atomic E-state index is 0.310. The predicted octanol–water partition coefficient (Wildman–Crippen LogP) is 2.58. The van der Waals surface area contributed by atoms with Crippen LogP contribution in [-0.4, -0.2) is 68.2 Å². The van der Waals surface area contributed by atoms with Crippen LogP contribution in [0.15, 0.2) is 12.1 Å². The Morgan fingerprint density at radius 3 is 2.61 bits per heavy atom. The number of amides is 1. The normalized spacial score (nSPS) is 25.4. The largest absolute Gasteiger partial charge is 0.341 e. The molecule has 1 amide bonds. The lowest BCUT2D eigenvalue weighted by molar-refractivity contribution is -0.131. The second-order valence-corrected chi connectivity index (χ2v) is 8.84. The Morgan fingerprint density at radius 1 is 1.00 bits per heavy atom. The molecule has 1 atom stereocenters. The molecular formula is C21H30N6O. The van der Waals surface area contributed by atoms with Gasteiger partial charge in [-0.2, -0.15) is 9.61 Å². The van der Waals surface area contributed by atoms with E-state index in [0.717, 1.165) is 63.2 Å². The summed E-state index contributed by atoms with van der Waals surface area (Å²) in [6.07, 6.45) is 8.73. The Kier molecular flexibility index (Phi) is 4.78. The standard InChI is InChI=1S/C21H30N6O/c1-25-17(4-2-3-5-20(25)28)14-26-12-10-16(11-13-26)21-23-22-19-9-8-18(15-6-7-15)24-27(19)21/h8-9,15-17H,2-7,10-14H2,1H3. The Morgan fingerprint density at radius 2 is 1.82 bits per heavy atom. The molecule has 1 aliphatic carbocycles. The molecule has 28 heavy (non-hydrogen) atoms. The second kappa shape index (κ2) is 7.43. The first kappa shape index (κ1) is 18.0. The van der Waals surface area contributed by atoms with Crippen molar-refractivity contribution in [2.75, 3.05) is 26.7 Å². The lowest BCUT2D eigenvalue weighted by atomic mass is 9.95. The molecule has 150 valence electrons. The molecule has 0 aromatic carbocycles. The van der Waals surface area contributed by atoms with Crippen molar-refractivity contribution in [3.05, 3.63) is 23.7 Å². The molecule has 5 rings (SSSR count). The first-order chi connectivity index (χ1) is 13.7. The van der Waals surface area contributed by atoms with Crippen LogP contribution in [0.1, 0.15) is 74.7 Å².